The summed E-state index contributed by atoms with van der Waals surface area (Å²) in [5.74, 6) is -0.927. The van der Waals surface area contributed by atoms with Gasteiger partial charge in [0.2, 0.25) is 5.91 Å². The fourth-order valence-electron chi connectivity index (χ4n) is 1.79. The Balaban J connectivity index is 2.39. The van der Waals surface area contributed by atoms with E-state index in [2.05, 4.69) is 10.6 Å². The minimum atomic E-state index is -0.583. The maximum Gasteiger partial charge on any atom is 0.220 e. The second-order valence-corrected chi connectivity index (χ2v) is 4.58. The lowest BCUT2D eigenvalue weighted by atomic mass is 10.1. The number of carbonyl (C=O) groups is 2. The summed E-state index contributed by atoms with van der Waals surface area (Å²) in [5, 5.41) is 5.71. The minimum absolute atomic E-state index is 0.0592. The van der Waals surface area contributed by atoms with Crippen molar-refractivity contribution in [2.75, 3.05) is 27.2 Å². The molecule has 0 saturated heterocycles. The first-order valence-electron chi connectivity index (χ1n) is 6.86. The first kappa shape index (κ1) is 17.1. The van der Waals surface area contributed by atoms with Crippen LogP contribution in [0.25, 0.3) is 0 Å². The van der Waals surface area contributed by atoms with Crippen LogP contribution < -0.4 is 15.4 Å². The molecule has 0 aliphatic carbocycles. The van der Waals surface area contributed by atoms with E-state index >= 15 is 0 Å². The number of nitrogens with one attached hydrogen (secondary N) is 2. The normalized spacial score (nSPS) is 10.2. The third-order valence-electron chi connectivity index (χ3n) is 2.98. The van der Waals surface area contributed by atoms with Crippen molar-refractivity contribution in [3.8, 4) is 5.75 Å². The fraction of sp³-hybridized carbons (Fsp3) is 0.467. The Morgan fingerprint density at radius 2 is 2.00 bits per heavy atom. The molecule has 0 spiro atoms. The summed E-state index contributed by atoms with van der Waals surface area (Å²) in [6, 6.07) is 4.03. The highest BCUT2D eigenvalue weighted by Crippen LogP contribution is 2.18. The van der Waals surface area contributed by atoms with E-state index in [1.807, 2.05) is 7.05 Å². The van der Waals surface area contributed by atoms with Gasteiger partial charge >= 0.3 is 0 Å². The van der Waals surface area contributed by atoms with Crippen molar-refractivity contribution in [2.24, 2.45) is 0 Å². The lowest BCUT2D eigenvalue weighted by Gasteiger charge is -2.06. The van der Waals surface area contributed by atoms with Gasteiger partial charge in [0.25, 0.3) is 0 Å². The number of hydrogen-bond acceptors (Lipinski definition) is 4. The maximum atomic E-state index is 13.5. The van der Waals surface area contributed by atoms with Crippen LogP contribution in [-0.2, 0) is 4.79 Å². The van der Waals surface area contributed by atoms with Gasteiger partial charge in [-0.1, -0.05) is 0 Å². The predicted octanol–water partition coefficient (Wildman–Crippen LogP) is 1.52. The number of carbonyl (C=O) groups excluding carboxylic acids is 2. The number of amides is 1. The number of ketones is 1. The predicted molar refractivity (Wildman–Crippen MR) is 78.1 cm³/mol. The van der Waals surface area contributed by atoms with E-state index in [9.17, 15) is 14.0 Å². The number of benzene rings is 1. The van der Waals surface area contributed by atoms with Crippen LogP contribution in [0.1, 0.15) is 29.6 Å². The van der Waals surface area contributed by atoms with Gasteiger partial charge in [0.1, 0.15) is 0 Å². The largest absolute Gasteiger partial charge is 0.494 e. The van der Waals surface area contributed by atoms with Gasteiger partial charge in [0.05, 0.1) is 7.11 Å². The van der Waals surface area contributed by atoms with Gasteiger partial charge in [0.15, 0.2) is 17.3 Å². The molecule has 0 aliphatic heterocycles. The molecule has 1 aromatic carbocycles. The molecule has 116 valence electrons. The highest BCUT2D eigenvalue weighted by atomic mass is 19.1. The molecule has 0 fully saturated rings. The molecule has 0 aromatic heterocycles. The lowest BCUT2D eigenvalue weighted by molar-refractivity contribution is -0.121. The summed E-state index contributed by atoms with van der Waals surface area (Å²) in [7, 11) is 3.20. The molecule has 21 heavy (non-hydrogen) atoms. The molecule has 0 radical (unpaired) electrons. The Morgan fingerprint density at radius 3 is 2.62 bits per heavy atom. The molecule has 0 bridgehead atoms. The number of Topliss-reactive ketones (excluding diaryl/α,β-unsaturated/α-hetero) is 1. The summed E-state index contributed by atoms with van der Waals surface area (Å²) in [5.41, 5.74) is 0.247. The van der Waals surface area contributed by atoms with Crippen LogP contribution in [0, 0.1) is 5.82 Å². The van der Waals surface area contributed by atoms with E-state index in [0.29, 0.717) is 6.54 Å². The Kier molecular flexibility index (Phi) is 7.39. The zero-order valence-corrected chi connectivity index (χ0v) is 12.4. The van der Waals surface area contributed by atoms with Crippen LogP contribution in [0.4, 0.5) is 4.39 Å². The van der Waals surface area contributed by atoms with E-state index < -0.39 is 5.82 Å². The summed E-state index contributed by atoms with van der Waals surface area (Å²) < 4.78 is 18.3. The van der Waals surface area contributed by atoms with Crippen LogP contribution in [0.5, 0.6) is 5.75 Å². The van der Waals surface area contributed by atoms with Gasteiger partial charge in [-0.3, -0.25) is 9.59 Å². The summed E-state index contributed by atoms with van der Waals surface area (Å²) in [4.78, 5) is 23.4. The zero-order chi connectivity index (χ0) is 15.7. The quantitative estimate of drug-likeness (QED) is 0.535. The minimum Gasteiger partial charge on any atom is -0.494 e. The Morgan fingerprint density at radius 1 is 1.24 bits per heavy atom. The molecule has 1 rings (SSSR count). The van der Waals surface area contributed by atoms with Gasteiger partial charge in [-0.15, -0.1) is 0 Å². The third-order valence-corrected chi connectivity index (χ3v) is 2.98. The average Bonchev–Trinajstić information content (AvgIpc) is 2.49. The molecule has 1 amide bonds. The molecule has 5 nitrogen and oxygen atoms in total. The summed E-state index contributed by atoms with van der Waals surface area (Å²) >= 11 is 0. The summed E-state index contributed by atoms with van der Waals surface area (Å²) in [6.45, 7) is 1.40. The molecule has 0 heterocycles. The Bertz CT molecular complexity index is 492. The van der Waals surface area contributed by atoms with Crippen molar-refractivity contribution in [3.63, 3.8) is 0 Å². The van der Waals surface area contributed by atoms with E-state index in [4.69, 9.17) is 4.74 Å². The molecule has 0 aliphatic rings. The van der Waals surface area contributed by atoms with E-state index in [-0.39, 0.29) is 35.8 Å². The van der Waals surface area contributed by atoms with Crippen molar-refractivity contribution < 1.29 is 18.7 Å². The van der Waals surface area contributed by atoms with Crippen molar-refractivity contribution >= 4 is 11.7 Å². The third kappa shape index (κ3) is 5.91. The van der Waals surface area contributed by atoms with Gasteiger partial charge in [-0.05, 0) is 38.2 Å². The van der Waals surface area contributed by atoms with E-state index in [1.165, 1.54) is 19.2 Å². The molecular formula is C15H21FN2O3. The Hall–Kier alpha value is -1.95. The monoisotopic (exact) mass is 296 g/mol. The van der Waals surface area contributed by atoms with E-state index in [1.54, 1.807) is 0 Å². The first-order valence-corrected chi connectivity index (χ1v) is 6.86. The van der Waals surface area contributed by atoms with Gasteiger partial charge in [-0.25, -0.2) is 4.39 Å². The van der Waals surface area contributed by atoms with Crippen LogP contribution in [0.3, 0.4) is 0 Å². The van der Waals surface area contributed by atoms with Crippen molar-refractivity contribution in [2.45, 2.75) is 19.3 Å². The van der Waals surface area contributed by atoms with Crippen molar-refractivity contribution in [1.82, 2.24) is 10.6 Å². The van der Waals surface area contributed by atoms with Crippen LogP contribution in [-0.4, -0.2) is 38.9 Å². The lowest BCUT2D eigenvalue weighted by Crippen LogP contribution is -2.26. The molecule has 1 aromatic rings. The second-order valence-electron chi connectivity index (χ2n) is 4.58. The average molecular weight is 296 g/mol. The first-order chi connectivity index (χ1) is 10.1. The smallest absolute Gasteiger partial charge is 0.220 e. The maximum absolute atomic E-state index is 13.5. The molecule has 6 heteroatoms. The number of ether oxygens (including phenoxy) is 1. The zero-order valence-electron chi connectivity index (χ0n) is 12.4. The van der Waals surface area contributed by atoms with Gasteiger partial charge in [-0.2, -0.15) is 0 Å². The SMILES string of the molecule is CNCCCNC(=O)CCC(=O)c1ccc(OC)c(F)c1. The van der Waals surface area contributed by atoms with Crippen LogP contribution in [0.2, 0.25) is 0 Å². The Labute approximate surface area is 123 Å². The molecular weight excluding hydrogens is 275 g/mol. The van der Waals surface area contributed by atoms with Crippen molar-refractivity contribution in [3.05, 3.63) is 29.6 Å². The molecule has 0 saturated carbocycles. The van der Waals surface area contributed by atoms with E-state index in [0.717, 1.165) is 19.0 Å². The number of rotatable bonds is 9. The fourth-order valence-corrected chi connectivity index (χ4v) is 1.79. The highest BCUT2D eigenvalue weighted by molar-refractivity contribution is 5.98. The number of halogens is 1. The molecule has 0 unspecified atom stereocenters. The highest BCUT2D eigenvalue weighted by Gasteiger charge is 2.12. The standard InChI is InChI=1S/C15H21FN2O3/c1-17-8-3-9-18-15(20)7-5-13(19)11-4-6-14(21-2)12(16)10-11/h4,6,10,17H,3,5,7-9H2,1-2H3,(H,18,20). The van der Waals surface area contributed by atoms with Gasteiger partial charge < -0.3 is 15.4 Å². The topological polar surface area (TPSA) is 67.4 Å². The number of methoxy groups -OCH3 is 1. The molecule has 0 atom stereocenters. The molecule has 2 N–H and O–H groups in total. The second kappa shape index (κ2) is 9.07. The van der Waals surface area contributed by atoms with Gasteiger partial charge in [0, 0.05) is 24.9 Å². The van der Waals surface area contributed by atoms with Crippen molar-refractivity contribution in [1.29, 1.82) is 0 Å². The number of hydrogen-bond donors (Lipinski definition) is 2. The summed E-state index contributed by atoms with van der Waals surface area (Å²) in [6.07, 6.45) is 0.996. The van der Waals surface area contributed by atoms with Crippen LogP contribution >= 0.6 is 0 Å². The van der Waals surface area contributed by atoms with Crippen LogP contribution in [0.15, 0.2) is 18.2 Å².